The molecule has 2 aromatic heterocycles. The van der Waals surface area contributed by atoms with Gasteiger partial charge in [-0.1, -0.05) is 253 Å². The molecule has 0 bridgehead atoms. The van der Waals surface area contributed by atoms with E-state index in [4.69, 9.17) is 54.3 Å². The first-order valence-corrected chi connectivity index (χ1v) is 50.1. The first kappa shape index (κ1) is 101. The van der Waals surface area contributed by atoms with Crippen molar-refractivity contribution in [2.45, 2.75) is 121 Å². The second-order valence-electron chi connectivity index (χ2n) is 29.6. The van der Waals surface area contributed by atoms with Crippen LogP contribution in [0.3, 0.4) is 0 Å². The van der Waals surface area contributed by atoms with Crippen molar-refractivity contribution in [2.24, 2.45) is 0 Å². The SMILES string of the molecule is CC1=C(C)N(c2c(C)cc(C)cc2C)[CH-]N1c1c(C)cc(C)cc1C.CC1=C(C)N(c2c(C)cc(C)cc2C)[CH-]N1c1c(C)cc(C)cc1C.[CH3-].[CH3-].[CH3-].[Cl][Ru]([Cl])=[CH]c1cccs1.[Cl][Ru]=[CH]c1cccs1.[K+].[S-]c1c(-c2ccccc2)cc(-c2ccccc2)cc1-c1ccccc1.[S-]c1c(-c2ccccc2)cc(-c2ccccc2)cc1-c1ccccc1. The predicted molar refractivity (Wildman–Crippen MR) is 530 cm³/mol. The molecule has 4 heterocycles. The summed E-state index contributed by atoms with van der Waals surface area (Å²) in [5.74, 6) is 0. The summed E-state index contributed by atoms with van der Waals surface area (Å²) in [6, 6.07) is 97.6. The smallest absolute Gasteiger partial charge is 0.779 e. The van der Waals surface area contributed by atoms with Gasteiger partial charge in [0.2, 0.25) is 0 Å². The van der Waals surface area contributed by atoms with Crippen LogP contribution in [0.5, 0.6) is 0 Å². The topological polar surface area (TPSA) is 13.0 Å². The minimum atomic E-state index is -1.57. The molecule has 0 fully saturated rings. The van der Waals surface area contributed by atoms with Crippen LogP contribution < -0.4 is 71.0 Å². The minimum Gasteiger partial charge on any atom is -0.779 e. The van der Waals surface area contributed by atoms with E-state index in [0.717, 1.165) is 54.3 Å². The van der Waals surface area contributed by atoms with Crippen LogP contribution in [0, 0.1) is 119 Å². The van der Waals surface area contributed by atoms with E-state index >= 15 is 0 Å². The first-order chi connectivity index (χ1) is 56.3. The molecule has 0 atom stereocenters. The number of aryl methyl sites for hydroxylation is 12. The van der Waals surface area contributed by atoms with Crippen LogP contribution in [0.25, 0.3) is 66.8 Å². The Balaban J connectivity index is 0.000000206. The summed E-state index contributed by atoms with van der Waals surface area (Å²) in [5.41, 5.74) is 40.0. The third-order valence-electron chi connectivity index (χ3n) is 20.6. The Morgan fingerprint density at radius 1 is 0.298 bits per heavy atom. The number of thiophene rings is 2. The standard InChI is InChI=1S/2C24H18S.2C23H29N2.2C5H4S.3CH3.3ClH.K.2Ru/c2*25-24-22(19-12-6-2-7-13-19)16-21(18-10-4-1-5-11-18)17-23(24)20-14-8-3-9-15-20;2*1-14-9-16(3)22(17(4)10-14)24-13-25(21(8)20(24)7)23-18(5)11-15(2)12-19(23)6;2*1-5-3-2-4-6-5;;;;;;;;;/h2*1-17,25H;2*9-13H,1-8H3;2*1-4H;3*1H3;3*1H;;;/q;;2*-1;;;3*-1;;;;2*+1;+2/p-5. The van der Waals surface area contributed by atoms with Crippen molar-refractivity contribution in [3.05, 3.63) is 425 Å². The molecule has 0 N–H and O–H groups in total. The molecule has 121 heavy (non-hydrogen) atoms. The van der Waals surface area contributed by atoms with Gasteiger partial charge in [-0.05, 0) is 246 Å². The van der Waals surface area contributed by atoms with Crippen LogP contribution >= 0.6 is 51.7 Å². The van der Waals surface area contributed by atoms with Crippen molar-refractivity contribution in [1.82, 2.24) is 0 Å². The Hall–Kier alpha value is -7.35. The normalized spacial score (nSPS) is 12.0. The molecule has 12 aromatic carbocycles. The maximum absolute atomic E-state index is 5.87. The van der Waals surface area contributed by atoms with Gasteiger partial charge in [-0.2, -0.15) is 9.79 Å². The minimum absolute atomic E-state index is 0. The number of rotatable bonds is 12. The number of benzene rings is 12. The summed E-state index contributed by atoms with van der Waals surface area (Å²) in [7, 11) is 16.8. The average molecular weight is 1930 g/mol. The Labute approximate surface area is 811 Å². The maximum atomic E-state index is 5.87. The summed E-state index contributed by atoms with van der Waals surface area (Å²) in [6.45, 7) is 39.6. The van der Waals surface area contributed by atoms with E-state index in [1.54, 1.807) is 22.7 Å². The zero-order valence-corrected chi connectivity index (χ0v) is 85.4. The van der Waals surface area contributed by atoms with Crippen molar-refractivity contribution >= 4 is 109 Å². The average Bonchev–Trinajstić information content (AvgIpc) is 1.67. The molecule has 0 spiro atoms. The molecule has 0 saturated carbocycles. The number of hydrogen-bond acceptors (Lipinski definition) is 8. The fourth-order valence-corrected chi connectivity index (χ4v) is 21.8. The zero-order valence-electron chi connectivity index (χ0n) is 73.3. The van der Waals surface area contributed by atoms with Crippen molar-refractivity contribution < 1.29 is 80.6 Å². The van der Waals surface area contributed by atoms with Crippen LogP contribution in [-0.2, 0) is 54.5 Å². The Morgan fingerprint density at radius 2 is 0.512 bits per heavy atom. The van der Waals surface area contributed by atoms with E-state index in [1.807, 2.05) is 64.6 Å². The van der Waals surface area contributed by atoms with Gasteiger partial charge in [-0.3, -0.25) is 0 Å². The molecule has 625 valence electrons. The Bertz CT molecular complexity index is 5170. The molecule has 0 unspecified atom stereocenters. The molecular formula is C107H109Cl3KN4Ru2S4-6. The maximum Gasteiger partial charge on any atom is 1.00 e. The third kappa shape index (κ3) is 26.2. The second-order valence-corrected chi connectivity index (χ2v) is 39.8. The number of hydrogen-bond donors (Lipinski definition) is 0. The van der Waals surface area contributed by atoms with Gasteiger partial charge >= 0.3 is 186 Å². The van der Waals surface area contributed by atoms with Gasteiger partial charge in [0.15, 0.2) is 0 Å². The van der Waals surface area contributed by atoms with Gasteiger partial charge in [0.05, 0.1) is 0 Å². The molecule has 0 radical (unpaired) electrons. The van der Waals surface area contributed by atoms with Crippen molar-refractivity contribution in [1.29, 1.82) is 0 Å². The zero-order chi connectivity index (χ0) is 83.6. The van der Waals surface area contributed by atoms with Crippen LogP contribution in [0.4, 0.5) is 22.7 Å². The largest absolute Gasteiger partial charge is 1.00 e. The third-order valence-corrected chi connectivity index (χ3v) is 26.8. The van der Waals surface area contributed by atoms with Gasteiger partial charge in [0.1, 0.15) is 0 Å². The monoisotopic (exact) mass is 1930 g/mol. The second kappa shape index (κ2) is 48.2. The summed E-state index contributed by atoms with van der Waals surface area (Å²) in [6.07, 6.45) is 0. The van der Waals surface area contributed by atoms with E-state index in [0.29, 0.717) is 0 Å². The van der Waals surface area contributed by atoms with E-state index in [1.165, 1.54) is 144 Å². The molecule has 14 heteroatoms. The number of allylic oxidation sites excluding steroid dienone is 4. The molecule has 0 amide bonds. The summed E-state index contributed by atoms with van der Waals surface area (Å²) in [4.78, 5) is 13.7. The van der Waals surface area contributed by atoms with E-state index in [9.17, 15) is 0 Å². The van der Waals surface area contributed by atoms with Gasteiger partial charge in [-0.15, -0.1) is 13.3 Å². The molecule has 0 saturated heterocycles. The van der Waals surface area contributed by atoms with Crippen LogP contribution in [0.15, 0.2) is 322 Å². The molecule has 2 aliphatic heterocycles. The number of anilines is 4. The molecule has 14 aromatic rings. The molecular weight excluding hydrogens is 1820 g/mol. The van der Waals surface area contributed by atoms with Crippen molar-refractivity contribution in [3.63, 3.8) is 0 Å². The Morgan fingerprint density at radius 3 is 0.711 bits per heavy atom. The number of halogens is 3. The van der Waals surface area contributed by atoms with E-state index in [2.05, 4.69) is 378 Å². The molecule has 16 rings (SSSR count). The molecule has 4 nitrogen and oxygen atoms in total. The van der Waals surface area contributed by atoms with Crippen LogP contribution in [0.2, 0.25) is 0 Å². The van der Waals surface area contributed by atoms with Gasteiger partial charge in [-0.25, -0.2) is 0 Å². The summed E-state index contributed by atoms with van der Waals surface area (Å²) in [5, 5.41) is 4.07. The molecule has 2 aliphatic rings. The number of nitrogens with zero attached hydrogens (tertiary/aromatic N) is 4. The van der Waals surface area contributed by atoms with E-state index in [-0.39, 0.29) is 89.3 Å². The van der Waals surface area contributed by atoms with Crippen molar-refractivity contribution in [3.8, 4) is 66.8 Å². The summed E-state index contributed by atoms with van der Waals surface area (Å²) >= 11 is 13.5. The first-order valence-electron chi connectivity index (χ1n) is 38.8. The van der Waals surface area contributed by atoms with Crippen molar-refractivity contribution in [2.75, 3.05) is 19.6 Å². The van der Waals surface area contributed by atoms with E-state index < -0.39 is 13.5 Å². The quantitative estimate of drug-likeness (QED) is 0.0682. The van der Waals surface area contributed by atoms with Crippen LogP contribution in [0.1, 0.15) is 104 Å². The molecule has 0 aliphatic carbocycles. The summed E-state index contributed by atoms with van der Waals surface area (Å²) < 4.78 is 4.03. The van der Waals surface area contributed by atoms with Gasteiger partial charge in [0.25, 0.3) is 0 Å². The fourth-order valence-electron chi connectivity index (χ4n) is 15.4. The van der Waals surface area contributed by atoms with Gasteiger partial charge in [0, 0.05) is 45.5 Å². The fraction of sp³-hybridized carbons (Fsp3) is 0.150. The van der Waals surface area contributed by atoms with Crippen LogP contribution in [-0.4, -0.2) is 9.22 Å². The Kier molecular flexibility index (Phi) is 40.2. The predicted octanol–water partition coefficient (Wildman–Crippen LogP) is 29.0. The van der Waals surface area contributed by atoms with Gasteiger partial charge < -0.3 is 67.1 Å².